The average molecular weight is 434 g/mol. The molecular weight excluding hydrogens is 408 g/mol. The zero-order chi connectivity index (χ0) is 22.5. The lowest BCUT2D eigenvalue weighted by Gasteiger charge is -2.20. The van der Waals surface area contributed by atoms with E-state index in [4.69, 9.17) is 9.15 Å². The van der Waals surface area contributed by atoms with Crippen LogP contribution < -0.4 is 15.6 Å². The second-order valence-electron chi connectivity index (χ2n) is 7.96. The minimum Gasteiger partial charge on any atom is -0.467 e. The Morgan fingerprint density at radius 3 is 2.59 bits per heavy atom. The molecule has 0 spiro atoms. The first-order chi connectivity index (χ1) is 15.5. The number of hydrogen-bond donors (Lipinski definition) is 1. The Morgan fingerprint density at radius 2 is 1.84 bits per heavy atom. The summed E-state index contributed by atoms with van der Waals surface area (Å²) in [4.78, 5) is 38.0. The molecule has 7 heteroatoms. The molecular formula is C25H26N2O5. The molecule has 3 aromatic rings. The number of fused-ring (bicyclic) bond motifs is 1. The number of carbonyl (C=O) groups is 2. The zero-order valence-electron chi connectivity index (χ0n) is 18.1. The number of ether oxygens (including phenoxy) is 1. The van der Waals surface area contributed by atoms with E-state index >= 15 is 0 Å². The Labute approximate surface area is 186 Å². The molecule has 4 rings (SSSR count). The Bertz CT molecular complexity index is 1180. The molecule has 166 valence electrons. The average Bonchev–Trinajstić information content (AvgIpc) is 3.25. The van der Waals surface area contributed by atoms with Crippen LogP contribution in [0.1, 0.15) is 60.0 Å². The van der Waals surface area contributed by atoms with Gasteiger partial charge in [-0.25, -0.2) is 0 Å². The second kappa shape index (κ2) is 9.68. The summed E-state index contributed by atoms with van der Waals surface area (Å²) in [5.41, 5.74) is 2.03. The van der Waals surface area contributed by atoms with Crippen LogP contribution in [-0.4, -0.2) is 16.4 Å². The molecule has 1 aliphatic rings. The second-order valence-corrected chi connectivity index (χ2v) is 7.96. The van der Waals surface area contributed by atoms with Crippen molar-refractivity contribution in [3.8, 4) is 5.75 Å². The van der Waals surface area contributed by atoms with Crippen LogP contribution in [0.5, 0.6) is 5.75 Å². The first-order valence-electron chi connectivity index (χ1n) is 10.9. The highest BCUT2D eigenvalue weighted by molar-refractivity contribution is 6.05. The molecule has 0 saturated heterocycles. The first-order valence-corrected chi connectivity index (χ1v) is 10.9. The van der Waals surface area contributed by atoms with E-state index in [2.05, 4.69) is 5.32 Å². The molecule has 0 atom stereocenters. The molecule has 1 N–H and O–H groups in total. The summed E-state index contributed by atoms with van der Waals surface area (Å²) in [6, 6.07) is 12.0. The molecule has 0 radical (unpaired) electrons. The number of anilines is 1. The van der Waals surface area contributed by atoms with E-state index in [1.54, 1.807) is 47.2 Å². The maximum atomic E-state index is 13.4. The van der Waals surface area contributed by atoms with Crippen molar-refractivity contribution in [2.75, 3.05) is 5.32 Å². The van der Waals surface area contributed by atoms with E-state index in [-0.39, 0.29) is 23.4 Å². The van der Waals surface area contributed by atoms with E-state index < -0.39 is 11.9 Å². The summed E-state index contributed by atoms with van der Waals surface area (Å²) in [5.74, 6) is -0.133. The van der Waals surface area contributed by atoms with Crippen LogP contribution in [0.25, 0.3) is 0 Å². The third-order valence-corrected chi connectivity index (χ3v) is 5.63. The summed E-state index contributed by atoms with van der Waals surface area (Å²) in [7, 11) is 0. The third kappa shape index (κ3) is 4.82. The first kappa shape index (κ1) is 21.6. The number of amides is 1. The molecule has 2 aromatic heterocycles. The van der Waals surface area contributed by atoms with Crippen molar-refractivity contribution in [3.05, 3.63) is 81.7 Å². The van der Waals surface area contributed by atoms with Gasteiger partial charge in [0.15, 0.2) is 5.75 Å². The van der Waals surface area contributed by atoms with Crippen LogP contribution in [0.2, 0.25) is 0 Å². The van der Waals surface area contributed by atoms with Gasteiger partial charge in [-0.3, -0.25) is 14.4 Å². The van der Waals surface area contributed by atoms with Gasteiger partial charge in [-0.2, -0.15) is 0 Å². The van der Waals surface area contributed by atoms with Crippen molar-refractivity contribution in [2.45, 2.75) is 52.0 Å². The highest BCUT2D eigenvalue weighted by atomic mass is 16.5. The van der Waals surface area contributed by atoms with E-state index in [1.807, 2.05) is 6.07 Å². The van der Waals surface area contributed by atoms with Crippen LogP contribution in [0, 0.1) is 0 Å². The van der Waals surface area contributed by atoms with Crippen molar-refractivity contribution in [3.63, 3.8) is 0 Å². The van der Waals surface area contributed by atoms with E-state index in [9.17, 15) is 14.4 Å². The number of pyridine rings is 1. The van der Waals surface area contributed by atoms with E-state index in [0.29, 0.717) is 11.4 Å². The lowest BCUT2D eigenvalue weighted by molar-refractivity contribution is -0.131. The van der Waals surface area contributed by atoms with Crippen molar-refractivity contribution in [1.29, 1.82) is 0 Å². The number of aromatic nitrogens is 1. The number of nitrogens with zero attached hydrogens (tertiary/aromatic N) is 1. The lowest BCUT2D eigenvalue weighted by Crippen LogP contribution is -2.33. The number of carbonyl (C=O) groups excluding carboxylic acids is 2. The van der Waals surface area contributed by atoms with Crippen molar-refractivity contribution >= 4 is 17.6 Å². The van der Waals surface area contributed by atoms with Gasteiger partial charge in [0.05, 0.1) is 18.5 Å². The highest BCUT2D eigenvalue weighted by Crippen LogP contribution is 2.25. The number of nitrogens with one attached hydrogen (secondary N) is 1. The lowest BCUT2D eigenvalue weighted by atomic mass is 9.95. The fourth-order valence-corrected chi connectivity index (χ4v) is 4.13. The van der Waals surface area contributed by atoms with Crippen molar-refractivity contribution in [2.24, 2.45) is 0 Å². The maximum absolute atomic E-state index is 13.4. The molecule has 1 aromatic carbocycles. The number of para-hydroxylation sites is 2. The molecule has 0 fully saturated rings. The monoisotopic (exact) mass is 434 g/mol. The summed E-state index contributed by atoms with van der Waals surface area (Å²) in [6.07, 6.45) is 7.47. The van der Waals surface area contributed by atoms with Crippen molar-refractivity contribution in [1.82, 2.24) is 4.57 Å². The van der Waals surface area contributed by atoms with Crippen LogP contribution in [0.3, 0.4) is 0 Å². The quantitative estimate of drug-likeness (QED) is 0.477. The molecule has 2 heterocycles. The molecule has 1 aliphatic carbocycles. The number of hydrogen-bond acceptors (Lipinski definition) is 5. The number of rotatable bonds is 5. The molecule has 0 aliphatic heterocycles. The summed E-state index contributed by atoms with van der Waals surface area (Å²) in [6.45, 7) is 1.57. The SMILES string of the molecule is CC(=O)Oc1ccccc1NC(=O)c1cc2c(n(Cc3ccco3)c1=O)CCCCCC2. The fraction of sp³-hybridized carbons (Fsp3) is 0.320. The fourth-order valence-electron chi connectivity index (χ4n) is 4.13. The van der Waals surface area contributed by atoms with Gasteiger partial charge >= 0.3 is 5.97 Å². The molecule has 0 unspecified atom stereocenters. The number of esters is 1. The predicted molar refractivity (Wildman–Crippen MR) is 120 cm³/mol. The topological polar surface area (TPSA) is 90.5 Å². The zero-order valence-corrected chi connectivity index (χ0v) is 18.1. The standard InChI is InChI=1S/C25H26N2O5/c1-17(28)32-23-13-7-6-11-21(23)26-24(29)20-15-18-9-4-2-3-5-12-22(18)27(25(20)30)16-19-10-8-14-31-19/h6-8,10-11,13-15H,2-5,9,12,16H2,1H3,(H,26,29). The molecule has 1 amide bonds. The van der Waals surface area contributed by atoms with E-state index in [1.165, 1.54) is 6.92 Å². The summed E-state index contributed by atoms with van der Waals surface area (Å²) in [5, 5.41) is 2.74. The number of furan rings is 1. The predicted octanol–water partition coefficient (Wildman–Crippen LogP) is 4.33. The van der Waals surface area contributed by atoms with Crippen molar-refractivity contribution < 1.29 is 18.7 Å². The smallest absolute Gasteiger partial charge is 0.308 e. The van der Waals surface area contributed by atoms with Crippen LogP contribution in [0.4, 0.5) is 5.69 Å². The van der Waals surface area contributed by atoms with Crippen LogP contribution >= 0.6 is 0 Å². The number of aryl methyl sites for hydroxylation is 1. The van der Waals surface area contributed by atoms with Crippen LogP contribution in [0.15, 0.2) is 57.9 Å². The van der Waals surface area contributed by atoms with Gasteiger partial charge < -0.3 is 19.0 Å². The molecule has 32 heavy (non-hydrogen) atoms. The third-order valence-electron chi connectivity index (χ3n) is 5.63. The minimum atomic E-state index is -0.535. The normalized spacial score (nSPS) is 13.5. The minimum absolute atomic E-state index is 0.0634. The largest absolute Gasteiger partial charge is 0.467 e. The van der Waals surface area contributed by atoms with Gasteiger partial charge in [-0.05, 0) is 61.6 Å². The van der Waals surface area contributed by atoms with E-state index in [0.717, 1.165) is 49.8 Å². The van der Waals surface area contributed by atoms with Crippen LogP contribution in [-0.2, 0) is 24.2 Å². The Hall–Kier alpha value is -3.61. The molecule has 0 saturated carbocycles. The van der Waals surface area contributed by atoms with Gasteiger partial charge in [0, 0.05) is 12.6 Å². The summed E-state index contributed by atoms with van der Waals surface area (Å²) >= 11 is 0. The highest BCUT2D eigenvalue weighted by Gasteiger charge is 2.22. The van der Waals surface area contributed by atoms with Gasteiger partial charge in [0.2, 0.25) is 0 Å². The van der Waals surface area contributed by atoms with Gasteiger partial charge in [-0.15, -0.1) is 0 Å². The maximum Gasteiger partial charge on any atom is 0.308 e. The summed E-state index contributed by atoms with van der Waals surface area (Å²) < 4.78 is 12.3. The Morgan fingerprint density at radius 1 is 1.06 bits per heavy atom. The molecule has 0 bridgehead atoms. The van der Waals surface area contributed by atoms with Gasteiger partial charge in [-0.1, -0.05) is 25.0 Å². The Kier molecular flexibility index (Phi) is 6.54. The Balaban J connectivity index is 1.74. The van der Waals surface area contributed by atoms with Gasteiger partial charge in [0.25, 0.3) is 11.5 Å². The van der Waals surface area contributed by atoms with Gasteiger partial charge in [0.1, 0.15) is 11.3 Å². The number of benzene rings is 1. The molecule has 7 nitrogen and oxygen atoms in total.